The van der Waals surface area contributed by atoms with Crippen molar-refractivity contribution in [2.75, 3.05) is 7.11 Å². The minimum atomic E-state index is -4.96. The molecule has 8 nitrogen and oxygen atoms in total. The molecule has 0 bridgehead atoms. The van der Waals surface area contributed by atoms with E-state index in [4.69, 9.17) is 4.74 Å². The van der Waals surface area contributed by atoms with E-state index in [0.717, 1.165) is 25.2 Å². The van der Waals surface area contributed by atoms with Crippen molar-refractivity contribution in [2.24, 2.45) is 14.1 Å². The Balaban J connectivity index is 1.97. The van der Waals surface area contributed by atoms with Gasteiger partial charge in [-0.15, -0.1) is 0 Å². The molecule has 0 aliphatic rings. The number of esters is 1. The van der Waals surface area contributed by atoms with Crippen molar-refractivity contribution in [1.29, 1.82) is 0 Å². The molecular formula is C27H28F3N3O5. The molecule has 0 spiro atoms. The maximum absolute atomic E-state index is 13.8. The molecule has 1 atom stereocenters. The number of benzene rings is 2. The minimum absolute atomic E-state index is 0.0105. The number of hydrogen-bond acceptors (Lipinski definition) is 5. The number of hydrogen-bond donors (Lipinski definition) is 1. The fourth-order valence-electron chi connectivity index (χ4n) is 4.39. The van der Waals surface area contributed by atoms with Crippen molar-refractivity contribution in [2.45, 2.75) is 38.9 Å². The summed E-state index contributed by atoms with van der Waals surface area (Å²) in [7, 11) is 3.24. The van der Waals surface area contributed by atoms with Crippen LogP contribution >= 0.6 is 0 Å². The molecule has 202 valence electrons. The lowest BCUT2D eigenvalue weighted by Gasteiger charge is -2.19. The predicted octanol–water partition coefficient (Wildman–Crippen LogP) is 3.15. The molecule has 0 aliphatic heterocycles. The van der Waals surface area contributed by atoms with Gasteiger partial charge < -0.3 is 10.1 Å². The van der Waals surface area contributed by atoms with Crippen molar-refractivity contribution in [1.82, 2.24) is 14.5 Å². The highest BCUT2D eigenvalue weighted by Crippen LogP contribution is 2.34. The van der Waals surface area contributed by atoms with E-state index in [2.05, 4.69) is 5.32 Å². The lowest BCUT2D eigenvalue weighted by atomic mass is 9.97. The van der Waals surface area contributed by atoms with Crippen LogP contribution in [0.1, 0.15) is 39.7 Å². The highest BCUT2D eigenvalue weighted by atomic mass is 19.4. The fourth-order valence-corrected chi connectivity index (χ4v) is 4.39. The van der Waals surface area contributed by atoms with E-state index in [0.29, 0.717) is 26.7 Å². The number of carbonyl (C=O) groups excluding carboxylic acids is 2. The van der Waals surface area contributed by atoms with Crippen LogP contribution in [-0.4, -0.2) is 34.2 Å². The molecule has 0 fully saturated rings. The van der Waals surface area contributed by atoms with Crippen LogP contribution in [0.25, 0.3) is 11.1 Å². The van der Waals surface area contributed by atoms with Gasteiger partial charge in [0.2, 0.25) is 0 Å². The molecule has 0 saturated heterocycles. The third kappa shape index (κ3) is 5.56. The second-order valence-corrected chi connectivity index (χ2v) is 8.84. The summed E-state index contributed by atoms with van der Waals surface area (Å²) in [5.74, 6) is -1.14. The number of amides is 1. The third-order valence-corrected chi connectivity index (χ3v) is 6.37. The predicted molar refractivity (Wildman–Crippen MR) is 135 cm³/mol. The average Bonchev–Trinajstić information content (AvgIpc) is 2.87. The van der Waals surface area contributed by atoms with Gasteiger partial charge in [-0.2, -0.15) is 13.2 Å². The lowest BCUT2D eigenvalue weighted by molar-refractivity contribution is -0.144. The molecule has 38 heavy (non-hydrogen) atoms. The molecule has 3 rings (SSSR count). The van der Waals surface area contributed by atoms with Crippen LogP contribution in [0.2, 0.25) is 0 Å². The number of ether oxygens (including phenoxy) is 1. The molecular weight excluding hydrogens is 503 g/mol. The Kier molecular flexibility index (Phi) is 8.28. The quantitative estimate of drug-likeness (QED) is 0.473. The Morgan fingerprint density at radius 3 is 2.21 bits per heavy atom. The molecule has 1 N–H and O–H groups in total. The maximum atomic E-state index is 13.8. The average molecular weight is 532 g/mol. The second-order valence-electron chi connectivity index (χ2n) is 8.84. The largest absolute Gasteiger partial charge is 0.467 e. The zero-order valence-corrected chi connectivity index (χ0v) is 21.6. The number of aromatic nitrogens is 2. The van der Waals surface area contributed by atoms with Crippen molar-refractivity contribution >= 4 is 11.9 Å². The summed E-state index contributed by atoms with van der Waals surface area (Å²) < 4.78 is 47.3. The Labute approximate surface area is 216 Å². The first-order valence-electron chi connectivity index (χ1n) is 11.7. The number of alkyl halides is 3. The molecule has 0 radical (unpaired) electrons. The van der Waals surface area contributed by atoms with Gasteiger partial charge in [0.1, 0.15) is 11.7 Å². The number of rotatable bonds is 7. The van der Waals surface area contributed by atoms with E-state index in [1.54, 1.807) is 13.0 Å². The Hall–Kier alpha value is -4.15. The van der Waals surface area contributed by atoms with Crippen LogP contribution < -0.4 is 16.6 Å². The third-order valence-electron chi connectivity index (χ3n) is 6.37. The summed E-state index contributed by atoms with van der Waals surface area (Å²) in [4.78, 5) is 50.3. The van der Waals surface area contributed by atoms with Crippen molar-refractivity contribution in [3.63, 3.8) is 0 Å². The van der Waals surface area contributed by atoms with Crippen LogP contribution in [0.3, 0.4) is 0 Å². The first-order valence-corrected chi connectivity index (χ1v) is 11.7. The Bertz CT molecular complexity index is 1490. The second kappa shape index (κ2) is 11.1. The number of nitrogens with one attached hydrogen (secondary N) is 1. The normalized spacial score (nSPS) is 12.2. The monoisotopic (exact) mass is 531 g/mol. The van der Waals surface area contributed by atoms with Gasteiger partial charge in [-0.3, -0.25) is 18.7 Å². The van der Waals surface area contributed by atoms with Gasteiger partial charge in [-0.1, -0.05) is 49.4 Å². The van der Waals surface area contributed by atoms with E-state index in [-0.39, 0.29) is 12.0 Å². The van der Waals surface area contributed by atoms with Crippen LogP contribution in [-0.2, 0) is 42.6 Å². The summed E-state index contributed by atoms with van der Waals surface area (Å²) in [6.07, 6.45) is -4.36. The van der Waals surface area contributed by atoms with E-state index in [9.17, 15) is 32.3 Å². The highest BCUT2D eigenvalue weighted by molar-refractivity contribution is 5.99. The molecule has 0 aliphatic carbocycles. The SMILES string of the molecule is CCc1cccc(C)c1C(=O)N[C@@H](Cc1ccc(-c2c(C(F)(F)F)n(C)c(=O)n(C)c2=O)cc1)C(=O)OC. The molecule has 0 saturated carbocycles. The van der Waals surface area contributed by atoms with Gasteiger partial charge in [-0.25, -0.2) is 9.59 Å². The van der Waals surface area contributed by atoms with Gasteiger partial charge in [0.15, 0.2) is 0 Å². The van der Waals surface area contributed by atoms with Crippen LogP contribution in [0.5, 0.6) is 0 Å². The maximum Gasteiger partial charge on any atom is 0.432 e. The molecule has 2 aromatic carbocycles. The fraction of sp³-hybridized carbons (Fsp3) is 0.333. The number of nitrogens with zero attached hydrogens (tertiary/aromatic N) is 2. The summed E-state index contributed by atoms with van der Waals surface area (Å²) in [5.41, 5.74) is -1.74. The molecule has 11 heteroatoms. The standard InChI is InChI=1S/C27H28F3N3O5/c1-6-17-9-7-8-15(2)20(17)23(34)31-19(25(36)38-5)14-16-10-12-18(13-11-16)21-22(27(28,29)30)32(3)26(37)33(4)24(21)35/h7-13,19H,6,14H2,1-5H3,(H,31,34)/t19-/m0/s1. The highest BCUT2D eigenvalue weighted by Gasteiger charge is 2.39. The molecule has 3 aromatic rings. The molecule has 1 heterocycles. The zero-order valence-electron chi connectivity index (χ0n) is 21.6. The Morgan fingerprint density at radius 1 is 1.03 bits per heavy atom. The van der Waals surface area contributed by atoms with E-state index in [1.807, 2.05) is 19.1 Å². The van der Waals surface area contributed by atoms with E-state index in [1.165, 1.54) is 31.4 Å². The molecule has 0 unspecified atom stereocenters. The van der Waals surface area contributed by atoms with Crippen molar-refractivity contribution in [3.05, 3.63) is 91.3 Å². The van der Waals surface area contributed by atoms with Crippen LogP contribution in [0, 0.1) is 6.92 Å². The van der Waals surface area contributed by atoms with Crippen molar-refractivity contribution in [3.8, 4) is 11.1 Å². The van der Waals surface area contributed by atoms with Crippen LogP contribution in [0.4, 0.5) is 13.2 Å². The first-order chi connectivity index (χ1) is 17.8. The Morgan fingerprint density at radius 2 is 1.66 bits per heavy atom. The summed E-state index contributed by atoms with van der Waals surface area (Å²) >= 11 is 0. The van der Waals surface area contributed by atoms with Gasteiger partial charge in [0, 0.05) is 26.1 Å². The number of aryl methyl sites for hydroxylation is 2. The molecule has 1 amide bonds. The lowest BCUT2D eigenvalue weighted by Crippen LogP contribution is -2.43. The van der Waals surface area contributed by atoms with Crippen molar-refractivity contribution < 1.29 is 27.5 Å². The topological polar surface area (TPSA) is 99.4 Å². The van der Waals surface area contributed by atoms with Gasteiger partial charge >= 0.3 is 17.8 Å². The van der Waals surface area contributed by atoms with E-state index < -0.39 is 46.6 Å². The smallest absolute Gasteiger partial charge is 0.432 e. The van der Waals surface area contributed by atoms with E-state index >= 15 is 0 Å². The number of methoxy groups -OCH3 is 1. The van der Waals surface area contributed by atoms with Gasteiger partial charge in [0.25, 0.3) is 11.5 Å². The summed E-state index contributed by atoms with van der Waals surface area (Å²) in [6.45, 7) is 3.70. The van der Waals surface area contributed by atoms with Gasteiger partial charge in [-0.05, 0) is 35.6 Å². The van der Waals surface area contributed by atoms with Gasteiger partial charge in [0.05, 0.1) is 12.7 Å². The number of halogens is 3. The first kappa shape index (κ1) is 28.4. The summed E-state index contributed by atoms with van der Waals surface area (Å²) in [6, 6.07) is 9.90. The summed E-state index contributed by atoms with van der Waals surface area (Å²) in [5, 5.41) is 2.70. The molecule has 1 aromatic heterocycles. The number of carbonyl (C=O) groups is 2. The minimum Gasteiger partial charge on any atom is -0.467 e. The van der Waals surface area contributed by atoms with Crippen LogP contribution in [0.15, 0.2) is 52.1 Å². The zero-order chi connectivity index (χ0) is 28.4.